The number of halogens is 2. The van der Waals surface area contributed by atoms with E-state index in [1.54, 1.807) is 12.1 Å². The SMILES string of the molecule is CON(C(N)=O)C(=O)[CH]Cc1ccc(-c2ccc(F)c(Cl)c2)cc1. The lowest BCUT2D eigenvalue weighted by Gasteiger charge is -2.14. The van der Waals surface area contributed by atoms with Crippen LogP contribution < -0.4 is 5.73 Å². The Balaban J connectivity index is 2.03. The van der Waals surface area contributed by atoms with E-state index in [9.17, 15) is 14.0 Å². The van der Waals surface area contributed by atoms with Crippen molar-refractivity contribution in [1.82, 2.24) is 5.06 Å². The summed E-state index contributed by atoms with van der Waals surface area (Å²) in [7, 11) is 1.18. The number of hydrogen-bond acceptors (Lipinski definition) is 3. The molecule has 5 nitrogen and oxygen atoms in total. The van der Waals surface area contributed by atoms with Crippen molar-refractivity contribution >= 4 is 23.5 Å². The van der Waals surface area contributed by atoms with Crippen molar-refractivity contribution < 1.29 is 18.8 Å². The zero-order valence-corrected chi connectivity index (χ0v) is 13.6. The van der Waals surface area contributed by atoms with Gasteiger partial charge in [0, 0.05) is 0 Å². The molecule has 0 heterocycles. The van der Waals surface area contributed by atoms with Gasteiger partial charge in [-0.05, 0) is 35.2 Å². The van der Waals surface area contributed by atoms with Crippen LogP contribution in [0.3, 0.4) is 0 Å². The normalized spacial score (nSPS) is 10.5. The van der Waals surface area contributed by atoms with E-state index in [1.165, 1.54) is 19.6 Å². The van der Waals surface area contributed by atoms with E-state index in [4.69, 9.17) is 17.3 Å². The number of carbonyl (C=O) groups excluding carboxylic acids is 2. The fourth-order valence-corrected chi connectivity index (χ4v) is 2.27. The first-order valence-corrected chi connectivity index (χ1v) is 7.35. The molecule has 2 N–H and O–H groups in total. The van der Waals surface area contributed by atoms with Gasteiger partial charge in [-0.2, -0.15) is 0 Å². The van der Waals surface area contributed by atoms with Gasteiger partial charge in [-0.15, -0.1) is 5.06 Å². The fraction of sp³-hybridized carbons (Fsp3) is 0.118. The third-order valence-corrected chi connectivity index (χ3v) is 3.59. The molecule has 3 amide bonds. The molecule has 0 atom stereocenters. The minimum absolute atomic E-state index is 0.0571. The number of hydroxylamine groups is 2. The quantitative estimate of drug-likeness (QED) is 0.841. The van der Waals surface area contributed by atoms with Gasteiger partial charge in [-0.25, -0.2) is 9.18 Å². The predicted octanol–water partition coefficient (Wildman–Crippen LogP) is 3.36. The van der Waals surface area contributed by atoms with Crippen LogP contribution in [0.1, 0.15) is 5.56 Å². The zero-order chi connectivity index (χ0) is 17.7. The van der Waals surface area contributed by atoms with Crippen LogP contribution in [0.25, 0.3) is 11.1 Å². The molecule has 0 aromatic heterocycles. The summed E-state index contributed by atoms with van der Waals surface area (Å²) >= 11 is 5.78. The second-order valence-electron chi connectivity index (χ2n) is 4.89. The molecule has 0 spiro atoms. The van der Waals surface area contributed by atoms with Gasteiger partial charge in [0.05, 0.1) is 18.6 Å². The summed E-state index contributed by atoms with van der Waals surface area (Å²) < 4.78 is 13.2. The highest BCUT2D eigenvalue weighted by Gasteiger charge is 2.18. The van der Waals surface area contributed by atoms with Crippen molar-refractivity contribution in [2.24, 2.45) is 5.73 Å². The van der Waals surface area contributed by atoms with Gasteiger partial charge in [0.1, 0.15) is 5.82 Å². The average Bonchev–Trinajstić information content (AvgIpc) is 2.56. The Hall–Kier alpha value is -2.44. The van der Waals surface area contributed by atoms with E-state index in [2.05, 4.69) is 4.84 Å². The Kier molecular flexibility index (Phi) is 5.89. The van der Waals surface area contributed by atoms with Crippen LogP contribution in [-0.2, 0) is 16.1 Å². The van der Waals surface area contributed by atoms with Gasteiger partial charge in [-0.1, -0.05) is 41.9 Å². The lowest BCUT2D eigenvalue weighted by Crippen LogP contribution is -2.40. The molecular weight excluding hydrogens is 335 g/mol. The molecule has 0 saturated carbocycles. The summed E-state index contributed by atoms with van der Waals surface area (Å²) in [6, 6.07) is 10.8. The van der Waals surface area contributed by atoms with Crippen molar-refractivity contribution in [3.05, 3.63) is 65.3 Å². The molecule has 7 heteroatoms. The lowest BCUT2D eigenvalue weighted by atomic mass is 10.0. The van der Waals surface area contributed by atoms with Gasteiger partial charge in [0.25, 0.3) is 5.91 Å². The van der Waals surface area contributed by atoms with Gasteiger partial charge < -0.3 is 5.73 Å². The lowest BCUT2D eigenvalue weighted by molar-refractivity contribution is -0.155. The number of nitrogens with zero attached hydrogens (tertiary/aromatic N) is 1. The largest absolute Gasteiger partial charge is 0.349 e. The van der Waals surface area contributed by atoms with Crippen LogP contribution in [0.2, 0.25) is 5.02 Å². The summed E-state index contributed by atoms with van der Waals surface area (Å²) in [4.78, 5) is 27.3. The first-order chi connectivity index (χ1) is 11.4. The number of hydrogen-bond donors (Lipinski definition) is 1. The molecular formula is C17H15ClFN2O3. The highest BCUT2D eigenvalue weighted by Crippen LogP contribution is 2.25. The molecule has 0 fully saturated rings. The third-order valence-electron chi connectivity index (χ3n) is 3.30. The van der Waals surface area contributed by atoms with Gasteiger partial charge in [0.15, 0.2) is 0 Å². The van der Waals surface area contributed by atoms with E-state index in [1.807, 2.05) is 24.3 Å². The van der Waals surface area contributed by atoms with E-state index in [-0.39, 0.29) is 5.02 Å². The van der Waals surface area contributed by atoms with Crippen LogP contribution in [0.5, 0.6) is 0 Å². The van der Waals surface area contributed by atoms with Gasteiger partial charge in [0.2, 0.25) is 0 Å². The van der Waals surface area contributed by atoms with E-state index < -0.39 is 17.8 Å². The molecule has 1 radical (unpaired) electrons. The van der Waals surface area contributed by atoms with Gasteiger partial charge in [-0.3, -0.25) is 9.63 Å². The molecule has 0 aliphatic rings. The topological polar surface area (TPSA) is 72.6 Å². The molecule has 0 aliphatic heterocycles. The maximum Gasteiger partial charge on any atom is 0.346 e. The molecule has 0 bridgehead atoms. The molecule has 0 unspecified atom stereocenters. The molecule has 2 rings (SSSR count). The molecule has 2 aromatic rings. The minimum Gasteiger partial charge on any atom is -0.349 e. The minimum atomic E-state index is -0.984. The second-order valence-corrected chi connectivity index (χ2v) is 5.29. The van der Waals surface area contributed by atoms with Gasteiger partial charge >= 0.3 is 6.03 Å². The average molecular weight is 350 g/mol. The fourth-order valence-electron chi connectivity index (χ4n) is 2.09. The van der Waals surface area contributed by atoms with E-state index >= 15 is 0 Å². The third kappa shape index (κ3) is 4.31. The van der Waals surface area contributed by atoms with E-state index in [0.717, 1.165) is 16.7 Å². The summed E-state index contributed by atoms with van der Waals surface area (Å²) in [6.07, 6.45) is 1.59. The Bertz CT molecular complexity index is 750. The molecule has 24 heavy (non-hydrogen) atoms. The standard InChI is InChI=1S/C17H15ClFN2O3/c1-24-21(17(20)23)16(22)9-4-11-2-5-12(6-3-11)13-7-8-15(19)14(18)10-13/h2-3,5-10H,4H2,1H3,(H2,20,23). The van der Waals surface area contributed by atoms with Crippen molar-refractivity contribution in [2.45, 2.75) is 6.42 Å². The number of amides is 3. The Morgan fingerprint density at radius 2 is 1.83 bits per heavy atom. The summed E-state index contributed by atoms with van der Waals surface area (Å²) in [5.41, 5.74) is 7.50. The number of primary amides is 1. The van der Waals surface area contributed by atoms with Crippen molar-refractivity contribution in [1.29, 1.82) is 0 Å². The zero-order valence-electron chi connectivity index (χ0n) is 12.8. The van der Waals surface area contributed by atoms with Crippen LogP contribution >= 0.6 is 11.6 Å². The maximum absolute atomic E-state index is 13.2. The number of carbonyl (C=O) groups is 2. The molecule has 125 valence electrons. The molecule has 0 aliphatic carbocycles. The molecule has 2 aromatic carbocycles. The number of imide groups is 1. The molecule has 0 saturated heterocycles. The van der Waals surface area contributed by atoms with Crippen molar-refractivity contribution in [3.63, 3.8) is 0 Å². The summed E-state index contributed by atoms with van der Waals surface area (Å²) in [5.74, 6) is -1.11. The number of benzene rings is 2. The Morgan fingerprint density at radius 1 is 1.21 bits per heavy atom. The monoisotopic (exact) mass is 349 g/mol. The first kappa shape index (κ1) is 17.9. The number of rotatable bonds is 5. The Labute approximate surface area is 143 Å². The number of urea groups is 1. The highest BCUT2D eigenvalue weighted by atomic mass is 35.5. The number of nitrogens with two attached hydrogens (primary N) is 1. The van der Waals surface area contributed by atoms with Crippen LogP contribution in [0.4, 0.5) is 9.18 Å². The summed E-state index contributed by atoms with van der Waals surface area (Å²) in [6.45, 7) is 0. The van der Waals surface area contributed by atoms with Crippen LogP contribution in [0.15, 0.2) is 42.5 Å². The van der Waals surface area contributed by atoms with E-state index in [0.29, 0.717) is 11.5 Å². The first-order valence-electron chi connectivity index (χ1n) is 6.97. The van der Waals surface area contributed by atoms with Crippen molar-refractivity contribution in [2.75, 3.05) is 7.11 Å². The maximum atomic E-state index is 13.2. The van der Waals surface area contributed by atoms with Crippen LogP contribution in [-0.4, -0.2) is 24.1 Å². The highest BCUT2D eigenvalue weighted by molar-refractivity contribution is 6.31. The second kappa shape index (κ2) is 7.90. The van der Waals surface area contributed by atoms with Crippen molar-refractivity contribution in [3.8, 4) is 11.1 Å². The van der Waals surface area contributed by atoms with Crippen LogP contribution in [0, 0.1) is 12.2 Å². The summed E-state index contributed by atoms with van der Waals surface area (Å²) in [5, 5.41) is 0.524. The smallest absolute Gasteiger partial charge is 0.346 e. The Morgan fingerprint density at radius 3 is 2.38 bits per heavy atom. The predicted molar refractivity (Wildman–Crippen MR) is 88.3 cm³/mol.